The highest BCUT2D eigenvalue weighted by molar-refractivity contribution is 6.12. The summed E-state index contributed by atoms with van der Waals surface area (Å²) in [7, 11) is 0. The lowest BCUT2D eigenvalue weighted by Gasteiger charge is -2.34. The number of piperidine rings is 1. The number of nitrogens with zero attached hydrogens (tertiary/aromatic N) is 2. The second-order valence-corrected chi connectivity index (χ2v) is 7.92. The number of fused-ring (bicyclic) bond motifs is 3. The van der Waals surface area contributed by atoms with Crippen molar-refractivity contribution in [1.29, 1.82) is 0 Å². The zero-order valence-electron chi connectivity index (χ0n) is 17.0. The van der Waals surface area contributed by atoms with Crippen molar-refractivity contribution in [2.75, 3.05) is 24.8 Å². The monoisotopic (exact) mass is 421 g/mol. The van der Waals surface area contributed by atoms with Gasteiger partial charge in [-0.15, -0.1) is 0 Å². The number of ether oxygens (including phenoxy) is 2. The molecule has 0 aliphatic carbocycles. The van der Waals surface area contributed by atoms with Crippen LogP contribution in [0.15, 0.2) is 42.5 Å². The Balaban J connectivity index is 1.34. The molecule has 1 unspecified atom stereocenters. The third-order valence-electron chi connectivity index (χ3n) is 5.97. The maximum absolute atomic E-state index is 13.3. The summed E-state index contributed by atoms with van der Waals surface area (Å²) in [6.07, 6.45) is 2.39. The number of para-hydroxylation sites is 1. The van der Waals surface area contributed by atoms with Gasteiger partial charge in [-0.1, -0.05) is 18.2 Å². The Morgan fingerprint density at radius 3 is 2.81 bits per heavy atom. The van der Waals surface area contributed by atoms with Crippen LogP contribution in [0.4, 0.5) is 5.69 Å². The lowest BCUT2D eigenvalue weighted by Crippen LogP contribution is -2.52. The van der Waals surface area contributed by atoms with Crippen LogP contribution in [0.2, 0.25) is 0 Å². The van der Waals surface area contributed by atoms with Crippen LogP contribution in [0.5, 0.6) is 11.5 Å². The zero-order valence-corrected chi connectivity index (χ0v) is 17.0. The minimum atomic E-state index is -0.518. The summed E-state index contributed by atoms with van der Waals surface area (Å²) in [5, 5.41) is 2.86. The van der Waals surface area contributed by atoms with E-state index < -0.39 is 6.04 Å². The van der Waals surface area contributed by atoms with Crippen LogP contribution in [0.3, 0.4) is 0 Å². The topological polar surface area (TPSA) is 88.2 Å². The van der Waals surface area contributed by atoms with Gasteiger partial charge in [0.2, 0.25) is 18.6 Å². The summed E-state index contributed by atoms with van der Waals surface area (Å²) in [6, 6.07) is 12.0. The smallest absolute Gasteiger partial charge is 0.256 e. The van der Waals surface area contributed by atoms with Gasteiger partial charge in [-0.3, -0.25) is 14.4 Å². The molecule has 0 bridgehead atoms. The van der Waals surface area contributed by atoms with Gasteiger partial charge >= 0.3 is 0 Å². The molecule has 2 aromatic rings. The van der Waals surface area contributed by atoms with Crippen molar-refractivity contribution in [3.8, 4) is 11.5 Å². The van der Waals surface area contributed by atoms with Gasteiger partial charge in [0, 0.05) is 13.1 Å². The molecule has 1 N–H and O–H groups in total. The molecule has 31 heavy (non-hydrogen) atoms. The Kier molecular flexibility index (Phi) is 4.97. The number of amides is 3. The van der Waals surface area contributed by atoms with Gasteiger partial charge in [-0.05, 0) is 49.1 Å². The van der Waals surface area contributed by atoms with Crippen LogP contribution >= 0.6 is 0 Å². The molecule has 3 heterocycles. The first-order valence-electron chi connectivity index (χ1n) is 10.5. The molecule has 160 valence electrons. The Morgan fingerprint density at radius 1 is 1.06 bits per heavy atom. The highest BCUT2D eigenvalue weighted by Crippen LogP contribution is 2.33. The van der Waals surface area contributed by atoms with Crippen molar-refractivity contribution in [3.05, 3.63) is 53.6 Å². The SMILES string of the molecule is O=C(CN1C(=O)C2CCCCN2C(=O)c2ccccc21)NCc1ccc2c(c1)OCO2. The zero-order chi connectivity index (χ0) is 21.4. The second-order valence-electron chi connectivity index (χ2n) is 7.92. The van der Waals surface area contributed by atoms with Gasteiger partial charge in [0.15, 0.2) is 11.5 Å². The van der Waals surface area contributed by atoms with Gasteiger partial charge in [-0.25, -0.2) is 0 Å². The number of hydrogen-bond acceptors (Lipinski definition) is 5. The fraction of sp³-hybridized carbons (Fsp3) is 0.348. The minimum Gasteiger partial charge on any atom is -0.454 e. The van der Waals surface area contributed by atoms with E-state index in [1.165, 1.54) is 4.90 Å². The minimum absolute atomic E-state index is 0.141. The van der Waals surface area contributed by atoms with Crippen molar-refractivity contribution in [3.63, 3.8) is 0 Å². The van der Waals surface area contributed by atoms with E-state index in [1.807, 2.05) is 18.2 Å². The molecule has 2 aromatic carbocycles. The van der Waals surface area contributed by atoms with Gasteiger partial charge < -0.3 is 24.6 Å². The van der Waals surface area contributed by atoms with Crippen LogP contribution in [0, 0.1) is 0 Å². The lowest BCUT2D eigenvalue weighted by molar-refractivity contribution is -0.126. The summed E-state index contributed by atoms with van der Waals surface area (Å²) < 4.78 is 10.7. The summed E-state index contributed by atoms with van der Waals surface area (Å²) in [5.74, 6) is 0.702. The normalized spacial score (nSPS) is 19.5. The first kappa shape index (κ1) is 19.4. The van der Waals surface area contributed by atoms with Crippen molar-refractivity contribution in [2.45, 2.75) is 31.8 Å². The Morgan fingerprint density at radius 2 is 1.90 bits per heavy atom. The fourth-order valence-corrected chi connectivity index (χ4v) is 4.39. The molecule has 0 spiro atoms. The van der Waals surface area contributed by atoms with E-state index in [2.05, 4.69) is 5.32 Å². The molecule has 1 atom stereocenters. The molecule has 3 aliphatic rings. The summed E-state index contributed by atoms with van der Waals surface area (Å²) in [6.45, 7) is 0.915. The molecule has 8 nitrogen and oxygen atoms in total. The molecule has 3 aliphatic heterocycles. The van der Waals surface area contributed by atoms with E-state index in [4.69, 9.17) is 9.47 Å². The number of carbonyl (C=O) groups excluding carboxylic acids is 3. The number of carbonyl (C=O) groups is 3. The van der Waals surface area contributed by atoms with Crippen LogP contribution in [0.25, 0.3) is 0 Å². The van der Waals surface area contributed by atoms with Crippen molar-refractivity contribution in [1.82, 2.24) is 10.2 Å². The molecule has 3 amide bonds. The molecular weight excluding hydrogens is 398 g/mol. The maximum Gasteiger partial charge on any atom is 0.256 e. The van der Waals surface area contributed by atoms with Crippen molar-refractivity contribution < 1.29 is 23.9 Å². The Hall–Kier alpha value is -3.55. The number of benzene rings is 2. The molecule has 5 rings (SSSR count). The van der Waals surface area contributed by atoms with Crippen molar-refractivity contribution in [2.24, 2.45) is 0 Å². The van der Waals surface area contributed by atoms with E-state index in [0.29, 0.717) is 42.3 Å². The lowest BCUT2D eigenvalue weighted by atomic mass is 10.0. The number of hydrogen-bond donors (Lipinski definition) is 1. The second kappa shape index (κ2) is 7.94. The highest BCUT2D eigenvalue weighted by atomic mass is 16.7. The Labute approximate surface area is 179 Å². The van der Waals surface area contributed by atoms with E-state index in [9.17, 15) is 14.4 Å². The number of rotatable bonds is 4. The number of anilines is 1. The predicted octanol–water partition coefficient (Wildman–Crippen LogP) is 2.07. The van der Waals surface area contributed by atoms with E-state index in [1.54, 1.807) is 29.2 Å². The quantitative estimate of drug-likeness (QED) is 0.817. The van der Waals surface area contributed by atoms with E-state index >= 15 is 0 Å². The molecule has 1 fully saturated rings. The first-order valence-corrected chi connectivity index (χ1v) is 10.5. The van der Waals surface area contributed by atoms with E-state index in [0.717, 1.165) is 18.4 Å². The third-order valence-corrected chi connectivity index (χ3v) is 5.97. The van der Waals surface area contributed by atoms with Gasteiger partial charge in [0.25, 0.3) is 5.91 Å². The molecule has 8 heteroatoms. The molecular formula is C23H23N3O5. The van der Waals surface area contributed by atoms with Crippen molar-refractivity contribution >= 4 is 23.4 Å². The Bertz CT molecular complexity index is 1050. The fourth-order valence-electron chi connectivity index (χ4n) is 4.39. The maximum atomic E-state index is 13.3. The predicted molar refractivity (Wildman–Crippen MR) is 112 cm³/mol. The third kappa shape index (κ3) is 3.58. The highest BCUT2D eigenvalue weighted by Gasteiger charge is 2.40. The van der Waals surface area contributed by atoms with Crippen LogP contribution < -0.4 is 19.7 Å². The van der Waals surface area contributed by atoms with Crippen LogP contribution in [-0.4, -0.2) is 48.5 Å². The first-order chi connectivity index (χ1) is 15.1. The molecule has 0 aromatic heterocycles. The molecule has 1 saturated heterocycles. The van der Waals surface area contributed by atoms with Gasteiger partial charge in [0.05, 0.1) is 11.3 Å². The summed E-state index contributed by atoms with van der Waals surface area (Å²) in [5.41, 5.74) is 1.82. The summed E-state index contributed by atoms with van der Waals surface area (Å²) in [4.78, 5) is 42.3. The van der Waals surface area contributed by atoms with Gasteiger partial charge in [-0.2, -0.15) is 0 Å². The average molecular weight is 421 g/mol. The molecule has 0 radical (unpaired) electrons. The average Bonchev–Trinajstić information content (AvgIpc) is 3.25. The standard InChI is InChI=1S/C23H23N3O5/c27-21(24-12-15-8-9-19-20(11-15)31-14-30-19)13-26-17-6-2-1-5-16(17)22(28)25-10-4-3-7-18(25)23(26)29/h1-2,5-6,8-9,11,18H,3-4,7,10,12-14H2,(H,24,27). The van der Waals surface area contributed by atoms with Crippen LogP contribution in [0.1, 0.15) is 35.2 Å². The van der Waals surface area contributed by atoms with E-state index in [-0.39, 0.29) is 31.1 Å². The summed E-state index contributed by atoms with van der Waals surface area (Å²) >= 11 is 0. The van der Waals surface area contributed by atoms with Crippen LogP contribution in [-0.2, 0) is 16.1 Å². The number of nitrogens with one attached hydrogen (secondary N) is 1. The largest absolute Gasteiger partial charge is 0.454 e. The molecule has 0 saturated carbocycles. The van der Waals surface area contributed by atoms with Gasteiger partial charge in [0.1, 0.15) is 12.6 Å².